The quantitative estimate of drug-likeness (QED) is 0.0995. The first kappa shape index (κ1) is 48.9. The fraction of sp³-hybridized carbons (Fsp3) is 0.120. The van der Waals surface area contributed by atoms with E-state index in [-0.39, 0.29) is 10.8 Å². The van der Waals surface area contributed by atoms with E-state index in [0.29, 0.717) is 0 Å². The Labute approximate surface area is 455 Å². The average Bonchev–Trinajstić information content (AvgIpc) is 3.88. The van der Waals surface area contributed by atoms with Crippen molar-refractivity contribution in [3.05, 3.63) is 304 Å². The number of hydrogen-bond acceptors (Lipinski definition) is 2. The number of para-hydroxylation sites is 2. The Morgan fingerprint density at radius 1 is 0.403 bits per heavy atom. The zero-order valence-corrected chi connectivity index (χ0v) is 45.1. The second-order valence-electron chi connectivity index (χ2n) is 22.1. The molecule has 0 aromatic heterocycles. The van der Waals surface area contributed by atoms with Gasteiger partial charge < -0.3 is 9.80 Å². The molecular weight excluding hydrogens is 929 g/mol. The number of anilines is 5. The highest BCUT2D eigenvalue weighted by Crippen LogP contribution is 2.51. The van der Waals surface area contributed by atoms with Crippen LogP contribution in [-0.4, -0.2) is 0 Å². The zero-order valence-electron chi connectivity index (χ0n) is 45.1. The van der Waals surface area contributed by atoms with Crippen molar-refractivity contribution in [2.24, 2.45) is 0 Å². The number of hydrogen-bond donors (Lipinski definition) is 0. The van der Waals surface area contributed by atoms with Crippen LogP contribution >= 0.6 is 0 Å². The van der Waals surface area contributed by atoms with Gasteiger partial charge in [0.25, 0.3) is 0 Å². The lowest BCUT2D eigenvalue weighted by atomic mass is 9.75. The van der Waals surface area contributed by atoms with Crippen molar-refractivity contribution in [1.82, 2.24) is 0 Å². The number of aryl methyl sites for hydroxylation is 2. The van der Waals surface area contributed by atoms with Gasteiger partial charge >= 0.3 is 0 Å². The Bertz CT molecular complexity index is 4050. The smallest absolute Gasteiger partial charge is 0.0465 e. The van der Waals surface area contributed by atoms with E-state index in [1.807, 2.05) is 0 Å². The van der Waals surface area contributed by atoms with E-state index in [1.165, 1.54) is 94.0 Å². The molecule has 0 spiro atoms. The first-order valence-corrected chi connectivity index (χ1v) is 27.0. The van der Waals surface area contributed by atoms with Crippen LogP contribution in [0, 0.1) is 13.8 Å². The third kappa shape index (κ3) is 9.46. The van der Waals surface area contributed by atoms with Crippen molar-refractivity contribution in [3.8, 4) is 11.1 Å². The predicted octanol–water partition coefficient (Wildman–Crippen LogP) is 20.4. The Morgan fingerprint density at radius 2 is 0.870 bits per heavy atom. The molecular formula is C75H64N2. The molecule has 0 saturated heterocycles. The fourth-order valence-corrected chi connectivity index (χ4v) is 11.8. The van der Waals surface area contributed by atoms with Crippen LogP contribution < -0.4 is 9.80 Å². The Balaban J connectivity index is 0.764. The lowest BCUT2D eigenvalue weighted by Crippen LogP contribution is -2.22. The standard InChI is InChI=1S/C75H64N2/c1-51-17-14-24-63(43-51)76(61-20-10-8-11-21-61)65-26-16-19-58-35-31-56(48-71(58)74(4,5)53(3)45-65)29-27-54-32-39-67-59(46-54)36-37-60-47-55(33-40-68(60)67)28-30-57-34-41-69-70-42-38-66(50-73(70)75(6,7)72(69)49-57)77(62-22-12-9-13-23-62)64-25-15-18-52(2)44-64/h8-18,20-50H,3,19H2,1-2,4-7H3/b26-16-,29-27+,30-28+,65-45+. The van der Waals surface area contributed by atoms with Gasteiger partial charge in [0.15, 0.2) is 0 Å². The van der Waals surface area contributed by atoms with E-state index in [2.05, 4.69) is 306 Å². The molecule has 0 N–H and O–H groups in total. The molecule has 2 heteroatoms. The zero-order chi connectivity index (χ0) is 52.8. The Kier molecular flexibility index (Phi) is 12.7. The number of nitrogens with zero attached hydrogens (tertiary/aromatic N) is 2. The van der Waals surface area contributed by atoms with Crippen LogP contribution in [0.25, 0.3) is 57.0 Å². The van der Waals surface area contributed by atoms with Gasteiger partial charge in [-0.3, -0.25) is 0 Å². The Morgan fingerprint density at radius 3 is 1.45 bits per heavy atom. The average molecular weight is 993 g/mol. The molecule has 10 aromatic rings. The topological polar surface area (TPSA) is 6.48 Å². The number of fused-ring (bicyclic) bond motifs is 7. The van der Waals surface area contributed by atoms with Gasteiger partial charge in [0.05, 0.1) is 0 Å². The fourth-order valence-electron chi connectivity index (χ4n) is 11.8. The molecule has 0 aliphatic heterocycles. The van der Waals surface area contributed by atoms with Crippen LogP contribution in [0.15, 0.2) is 248 Å². The molecule has 0 radical (unpaired) electrons. The SMILES string of the molecule is C=C1/C=C(N(c2ccccc2)c2cccc(C)c2)\C=C/Cc2ccc(/C=C/c3ccc4c(ccc5cc(/C=C/c6ccc7c(c6)C(C)(C)c6cc(N(c8ccccc8)c8cccc(C)c8)ccc6-7)ccc54)c3)cc2C1(C)C. The van der Waals surface area contributed by atoms with Crippen molar-refractivity contribution in [3.63, 3.8) is 0 Å². The van der Waals surface area contributed by atoms with Crippen LogP contribution in [0.3, 0.4) is 0 Å². The molecule has 0 unspecified atom stereocenters. The summed E-state index contributed by atoms with van der Waals surface area (Å²) in [5.41, 5.74) is 22.6. The van der Waals surface area contributed by atoms with E-state index < -0.39 is 0 Å². The van der Waals surface area contributed by atoms with E-state index in [1.54, 1.807) is 0 Å². The van der Waals surface area contributed by atoms with E-state index in [9.17, 15) is 0 Å². The molecule has 0 bridgehead atoms. The summed E-state index contributed by atoms with van der Waals surface area (Å²) in [5.74, 6) is 0. The maximum Gasteiger partial charge on any atom is 0.0465 e. The molecule has 0 fully saturated rings. The lowest BCUT2D eigenvalue weighted by Gasteiger charge is -2.31. The predicted molar refractivity (Wildman–Crippen MR) is 332 cm³/mol. The summed E-state index contributed by atoms with van der Waals surface area (Å²) in [5, 5.41) is 4.99. The highest BCUT2D eigenvalue weighted by Gasteiger charge is 2.36. The first-order chi connectivity index (χ1) is 37.4. The Hall–Kier alpha value is -8.98. The van der Waals surface area contributed by atoms with Crippen molar-refractivity contribution < 1.29 is 0 Å². The maximum absolute atomic E-state index is 4.73. The van der Waals surface area contributed by atoms with Gasteiger partial charge in [-0.05, 0) is 199 Å². The molecule has 0 amide bonds. The highest BCUT2D eigenvalue weighted by molar-refractivity contribution is 6.08. The van der Waals surface area contributed by atoms with Gasteiger partial charge in [0.1, 0.15) is 0 Å². The lowest BCUT2D eigenvalue weighted by molar-refractivity contribution is 0.634. The summed E-state index contributed by atoms with van der Waals surface area (Å²) in [6.45, 7) is 18.4. The minimum absolute atomic E-state index is 0.164. The molecule has 12 rings (SSSR count). The maximum atomic E-state index is 4.73. The summed E-state index contributed by atoms with van der Waals surface area (Å²) in [7, 11) is 0. The number of allylic oxidation sites excluding steroid dienone is 4. The molecule has 2 aliphatic carbocycles. The van der Waals surface area contributed by atoms with Gasteiger partial charge in [-0.2, -0.15) is 0 Å². The summed E-state index contributed by atoms with van der Waals surface area (Å²) in [4.78, 5) is 4.72. The van der Waals surface area contributed by atoms with Crippen molar-refractivity contribution in [1.29, 1.82) is 0 Å². The number of rotatable bonds is 10. The second kappa shape index (κ2) is 19.9. The van der Waals surface area contributed by atoms with Gasteiger partial charge in [-0.25, -0.2) is 0 Å². The minimum atomic E-state index is -0.308. The third-order valence-corrected chi connectivity index (χ3v) is 16.1. The minimum Gasteiger partial charge on any atom is -0.310 e. The van der Waals surface area contributed by atoms with Crippen LogP contribution in [0.1, 0.15) is 83.3 Å². The van der Waals surface area contributed by atoms with Gasteiger partial charge in [0, 0.05) is 45.0 Å². The summed E-state index contributed by atoms with van der Waals surface area (Å²) in [6, 6.07) is 78.0. The van der Waals surface area contributed by atoms with E-state index in [4.69, 9.17) is 6.58 Å². The molecule has 2 aliphatic rings. The highest BCUT2D eigenvalue weighted by atomic mass is 15.1. The molecule has 374 valence electrons. The second-order valence-corrected chi connectivity index (χ2v) is 22.1. The monoisotopic (exact) mass is 993 g/mol. The molecule has 0 atom stereocenters. The molecule has 10 aromatic carbocycles. The normalized spacial score (nSPS) is 15.6. The van der Waals surface area contributed by atoms with Gasteiger partial charge in [0.2, 0.25) is 0 Å². The summed E-state index contributed by atoms with van der Waals surface area (Å²) < 4.78 is 0. The van der Waals surface area contributed by atoms with Gasteiger partial charge in [-0.1, -0.05) is 204 Å². The van der Waals surface area contributed by atoms with E-state index in [0.717, 1.165) is 40.4 Å². The molecule has 0 saturated carbocycles. The molecule has 2 nitrogen and oxygen atoms in total. The van der Waals surface area contributed by atoms with Crippen LogP contribution in [0.4, 0.5) is 28.4 Å². The summed E-state index contributed by atoms with van der Waals surface area (Å²) >= 11 is 0. The van der Waals surface area contributed by atoms with Crippen molar-refractivity contribution in [2.45, 2.75) is 58.8 Å². The van der Waals surface area contributed by atoms with Gasteiger partial charge in [-0.15, -0.1) is 0 Å². The van der Waals surface area contributed by atoms with Crippen molar-refractivity contribution >= 4 is 74.3 Å². The molecule has 0 heterocycles. The van der Waals surface area contributed by atoms with Crippen LogP contribution in [0.2, 0.25) is 0 Å². The third-order valence-electron chi connectivity index (χ3n) is 16.1. The van der Waals surface area contributed by atoms with Crippen LogP contribution in [0.5, 0.6) is 0 Å². The van der Waals surface area contributed by atoms with Crippen molar-refractivity contribution in [2.75, 3.05) is 9.80 Å². The van der Waals surface area contributed by atoms with Crippen LogP contribution in [-0.2, 0) is 17.3 Å². The number of benzene rings is 10. The molecule has 77 heavy (non-hydrogen) atoms. The first-order valence-electron chi connectivity index (χ1n) is 27.0. The summed E-state index contributed by atoms with van der Waals surface area (Å²) in [6.07, 6.45) is 16.7. The largest absolute Gasteiger partial charge is 0.310 e. The van der Waals surface area contributed by atoms with E-state index >= 15 is 0 Å².